The van der Waals surface area contributed by atoms with Gasteiger partial charge in [-0.05, 0) is 44.9 Å². The van der Waals surface area contributed by atoms with Crippen molar-refractivity contribution in [1.29, 1.82) is 0 Å². The molecular formula is C49H90O14. The Hall–Kier alpha value is -1.53. The lowest BCUT2D eigenvalue weighted by atomic mass is 9.98. The highest BCUT2D eigenvalue weighted by Gasteiger charge is 2.47. The molecular weight excluding hydrogens is 813 g/mol. The second-order valence-electron chi connectivity index (χ2n) is 17.6. The number of aliphatic hydroxyl groups excluding tert-OH is 7. The molecule has 2 heterocycles. The normalized spacial score (nSPS) is 27.1. The van der Waals surface area contributed by atoms with Crippen molar-refractivity contribution < 1.29 is 69.0 Å². The van der Waals surface area contributed by atoms with Gasteiger partial charge in [-0.3, -0.25) is 4.79 Å². The molecule has 0 aliphatic carbocycles. The third kappa shape index (κ3) is 25.8. The van der Waals surface area contributed by atoms with Crippen molar-refractivity contribution in [3.63, 3.8) is 0 Å². The van der Waals surface area contributed by atoms with E-state index < -0.39 is 80.7 Å². The second kappa shape index (κ2) is 37.5. The summed E-state index contributed by atoms with van der Waals surface area (Å²) in [5.74, 6) is -0.383. The van der Waals surface area contributed by atoms with Crippen molar-refractivity contribution in [1.82, 2.24) is 0 Å². The first-order chi connectivity index (χ1) is 30.6. The molecule has 2 aliphatic rings. The predicted molar refractivity (Wildman–Crippen MR) is 243 cm³/mol. The Morgan fingerprint density at radius 2 is 0.984 bits per heavy atom. The summed E-state index contributed by atoms with van der Waals surface area (Å²) in [7, 11) is 0. The number of carbonyl (C=O) groups is 1. The Morgan fingerprint density at radius 3 is 1.56 bits per heavy atom. The average molecular weight is 903 g/mol. The van der Waals surface area contributed by atoms with E-state index in [4.69, 9.17) is 28.4 Å². The topological polar surface area (TPSA) is 214 Å². The summed E-state index contributed by atoms with van der Waals surface area (Å²) in [4.78, 5) is 13.0. The maximum absolute atomic E-state index is 13.0. The molecule has 0 radical (unpaired) electrons. The Kier molecular flexibility index (Phi) is 34.3. The molecule has 2 fully saturated rings. The zero-order chi connectivity index (χ0) is 45.9. The number of allylic oxidation sites excluding steroid dienone is 4. The van der Waals surface area contributed by atoms with Crippen LogP contribution in [0.3, 0.4) is 0 Å². The molecule has 2 aliphatic heterocycles. The molecule has 0 spiro atoms. The minimum absolute atomic E-state index is 0.0619. The third-order valence-electron chi connectivity index (χ3n) is 12.0. The minimum Gasteiger partial charge on any atom is -0.457 e. The van der Waals surface area contributed by atoms with E-state index in [-0.39, 0.29) is 25.6 Å². The number of ether oxygens (including phenoxy) is 6. The number of rotatable bonds is 39. The first-order valence-corrected chi connectivity index (χ1v) is 24.9. The molecule has 14 nitrogen and oxygen atoms in total. The quantitative estimate of drug-likeness (QED) is 0.0191. The summed E-state index contributed by atoms with van der Waals surface area (Å²) >= 11 is 0. The van der Waals surface area contributed by atoms with E-state index in [0.29, 0.717) is 13.0 Å². The van der Waals surface area contributed by atoms with Crippen LogP contribution in [-0.2, 0) is 33.2 Å². The van der Waals surface area contributed by atoms with Crippen molar-refractivity contribution in [2.45, 2.75) is 248 Å². The van der Waals surface area contributed by atoms with Gasteiger partial charge in [0.2, 0.25) is 0 Å². The summed E-state index contributed by atoms with van der Waals surface area (Å²) in [5.41, 5.74) is 0. The van der Waals surface area contributed by atoms with Gasteiger partial charge in [0.05, 0.1) is 26.4 Å². The maximum Gasteiger partial charge on any atom is 0.306 e. The maximum atomic E-state index is 13.0. The molecule has 63 heavy (non-hydrogen) atoms. The van der Waals surface area contributed by atoms with Crippen molar-refractivity contribution in [2.75, 3.05) is 33.0 Å². The van der Waals surface area contributed by atoms with Crippen molar-refractivity contribution in [3.8, 4) is 0 Å². The van der Waals surface area contributed by atoms with E-state index in [9.17, 15) is 40.5 Å². The van der Waals surface area contributed by atoms with Gasteiger partial charge in [-0.25, -0.2) is 0 Å². The van der Waals surface area contributed by atoms with Gasteiger partial charge in [0.25, 0.3) is 0 Å². The Balaban J connectivity index is 1.78. The van der Waals surface area contributed by atoms with E-state index in [1.807, 2.05) is 0 Å². The van der Waals surface area contributed by atoms with Gasteiger partial charge in [0.1, 0.15) is 54.9 Å². The number of unbranched alkanes of at least 4 members (excludes halogenated alkanes) is 21. The number of carbonyl (C=O) groups excluding carboxylic acids is 1. The SMILES string of the molecule is CCCCC/C=C\C/C=C\CCCCCCCCCC(=O)OC(COCCCCCCCCCCCCCC)COC1OC(COC2OC(CO)C(O)C(O)C2O)C(O)C(O)C1O. The van der Waals surface area contributed by atoms with Crippen LogP contribution in [0.15, 0.2) is 24.3 Å². The monoisotopic (exact) mass is 903 g/mol. The Morgan fingerprint density at radius 1 is 0.524 bits per heavy atom. The number of aliphatic hydroxyl groups is 7. The van der Waals surface area contributed by atoms with E-state index in [2.05, 4.69) is 38.2 Å². The van der Waals surface area contributed by atoms with Gasteiger partial charge in [-0.2, -0.15) is 0 Å². The van der Waals surface area contributed by atoms with Crippen LogP contribution in [0.2, 0.25) is 0 Å². The summed E-state index contributed by atoms with van der Waals surface area (Å²) in [6.07, 6.45) is 22.3. The van der Waals surface area contributed by atoms with Crippen LogP contribution in [0.25, 0.3) is 0 Å². The number of hydrogen-bond donors (Lipinski definition) is 7. The molecule has 11 atom stereocenters. The van der Waals surface area contributed by atoms with Gasteiger partial charge in [-0.15, -0.1) is 0 Å². The fourth-order valence-electron chi connectivity index (χ4n) is 7.84. The second-order valence-corrected chi connectivity index (χ2v) is 17.6. The minimum atomic E-state index is -1.70. The molecule has 370 valence electrons. The molecule has 0 saturated carbocycles. The first-order valence-electron chi connectivity index (χ1n) is 24.9. The van der Waals surface area contributed by atoms with E-state index in [0.717, 1.165) is 51.4 Å². The van der Waals surface area contributed by atoms with E-state index in [1.165, 1.54) is 103 Å². The molecule has 0 aromatic heterocycles. The lowest BCUT2D eigenvalue weighted by molar-refractivity contribution is -0.332. The largest absolute Gasteiger partial charge is 0.457 e. The molecule has 0 aromatic carbocycles. The van der Waals surface area contributed by atoms with Crippen LogP contribution >= 0.6 is 0 Å². The van der Waals surface area contributed by atoms with Crippen molar-refractivity contribution in [3.05, 3.63) is 24.3 Å². The van der Waals surface area contributed by atoms with Gasteiger partial charge in [-0.1, -0.05) is 154 Å². The van der Waals surface area contributed by atoms with Gasteiger partial charge in [0.15, 0.2) is 12.6 Å². The molecule has 7 N–H and O–H groups in total. The molecule has 0 amide bonds. The summed E-state index contributed by atoms with van der Waals surface area (Å²) in [5, 5.41) is 72.0. The highest BCUT2D eigenvalue weighted by atomic mass is 16.7. The number of hydrogen-bond acceptors (Lipinski definition) is 14. The molecule has 2 saturated heterocycles. The summed E-state index contributed by atoms with van der Waals surface area (Å²) in [6, 6.07) is 0. The molecule has 14 heteroatoms. The van der Waals surface area contributed by atoms with Gasteiger partial charge >= 0.3 is 5.97 Å². The average Bonchev–Trinajstić information content (AvgIpc) is 3.28. The lowest BCUT2D eigenvalue weighted by Gasteiger charge is -2.42. The Bertz CT molecular complexity index is 1140. The summed E-state index contributed by atoms with van der Waals surface area (Å²) < 4.78 is 34.2. The lowest BCUT2D eigenvalue weighted by Crippen LogP contribution is -2.61. The molecule has 11 unspecified atom stereocenters. The fourth-order valence-corrected chi connectivity index (χ4v) is 7.84. The van der Waals surface area contributed by atoms with Crippen LogP contribution in [0.4, 0.5) is 0 Å². The summed E-state index contributed by atoms with van der Waals surface area (Å²) in [6.45, 7) is 3.66. The van der Waals surface area contributed by atoms with E-state index in [1.54, 1.807) is 0 Å². The number of esters is 1. The van der Waals surface area contributed by atoms with Crippen molar-refractivity contribution >= 4 is 5.97 Å². The first kappa shape index (κ1) is 57.6. The van der Waals surface area contributed by atoms with Gasteiger partial charge in [0, 0.05) is 13.0 Å². The standard InChI is InChI=1S/C49H90O14/c1-3-5-7-9-11-13-15-17-18-19-20-21-22-24-26-28-30-32-41(51)61-38(35-58-33-31-29-27-25-23-16-14-12-10-8-6-4-2)36-59-48-47(57)45(55)43(53)40(63-48)37-60-49-46(56)44(54)42(52)39(34-50)62-49/h11,13,17-18,38-40,42-50,52-57H,3-10,12,14-16,19-37H2,1-2H3/b13-11-,18-17-. The van der Waals surface area contributed by atoms with E-state index >= 15 is 0 Å². The van der Waals surface area contributed by atoms with Crippen LogP contribution in [0.1, 0.15) is 181 Å². The fraction of sp³-hybridized carbons (Fsp3) is 0.898. The van der Waals surface area contributed by atoms with Crippen LogP contribution < -0.4 is 0 Å². The van der Waals surface area contributed by atoms with Gasteiger partial charge < -0.3 is 64.2 Å². The Labute approximate surface area is 379 Å². The zero-order valence-electron chi connectivity index (χ0n) is 39.1. The van der Waals surface area contributed by atoms with Crippen molar-refractivity contribution in [2.24, 2.45) is 0 Å². The van der Waals surface area contributed by atoms with Crippen LogP contribution in [-0.4, -0.2) is 142 Å². The predicted octanol–water partition coefficient (Wildman–Crippen LogP) is 6.85. The molecule has 2 rings (SSSR count). The highest BCUT2D eigenvalue weighted by molar-refractivity contribution is 5.69. The molecule has 0 aromatic rings. The highest BCUT2D eigenvalue weighted by Crippen LogP contribution is 2.26. The van der Waals surface area contributed by atoms with Crippen LogP contribution in [0.5, 0.6) is 0 Å². The molecule has 0 bridgehead atoms. The third-order valence-corrected chi connectivity index (χ3v) is 12.0. The van der Waals surface area contributed by atoms with Crippen LogP contribution in [0, 0.1) is 0 Å². The smallest absolute Gasteiger partial charge is 0.306 e. The zero-order valence-corrected chi connectivity index (χ0v) is 39.1.